The Labute approximate surface area is 119 Å². The van der Waals surface area contributed by atoms with Gasteiger partial charge in [-0.1, -0.05) is 11.6 Å². The Kier molecular flexibility index (Phi) is 5.62. The molecular weight excluding hydrogens is 297 g/mol. The zero-order valence-corrected chi connectivity index (χ0v) is 11.8. The molecule has 0 amide bonds. The minimum absolute atomic E-state index is 0.121. The molecule has 0 aromatic carbocycles. The number of rotatable bonds is 5. The van der Waals surface area contributed by atoms with Crippen LogP contribution in [0.5, 0.6) is 0 Å². The zero-order chi connectivity index (χ0) is 15.3. The Balaban J connectivity index is 2.96. The summed E-state index contributed by atoms with van der Waals surface area (Å²) in [7, 11) is 0. The molecule has 0 radical (unpaired) electrons. The van der Waals surface area contributed by atoms with Crippen molar-refractivity contribution in [2.45, 2.75) is 20.0 Å². The van der Waals surface area contributed by atoms with Gasteiger partial charge in [0.15, 0.2) is 0 Å². The molecule has 1 aromatic heterocycles. The van der Waals surface area contributed by atoms with Gasteiger partial charge < -0.3 is 9.64 Å². The quantitative estimate of drug-likeness (QED) is 0.784. The second-order valence-corrected chi connectivity index (χ2v) is 4.25. The molecule has 1 rings (SSSR count). The molecule has 0 aliphatic carbocycles. The molecule has 0 atom stereocenters. The number of nitrogens with zero attached hydrogens (tertiary/aromatic N) is 2. The van der Waals surface area contributed by atoms with Crippen molar-refractivity contribution in [1.29, 1.82) is 0 Å². The lowest BCUT2D eigenvalue weighted by molar-refractivity contribution is -0.141. The van der Waals surface area contributed by atoms with Crippen molar-refractivity contribution < 1.29 is 22.7 Å². The van der Waals surface area contributed by atoms with Crippen LogP contribution in [0.4, 0.5) is 19.0 Å². The highest BCUT2D eigenvalue weighted by molar-refractivity contribution is 6.33. The highest BCUT2D eigenvalue weighted by Gasteiger charge is 2.32. The lowest BCUT2D eigenvalue weighted by Gasteiger charge is -2.22. The van der Waals surface area contributed by atoms with Gasteiger partial charge in [-0.05, 0) is 19.9 Å². The van der Waals surface area contributed by atoms with Gasteiger partial charge in [-0.25, -0.2) is 4.98 Å². The van der Waals surface area contributed by atoms with E-state index in [0.29, 0.717) is 12.7 Å². The molecule has 8 heteroatoms. The summed E-state index contributed by atoms with van der Waals surface area (Å²) in [5.41, 5.74) is -0.932. The molecule has 1 aromatic rings. The lowest BCUT2D eigenvalue weighted by atomic mass is 10.2. The minimum Gasteiger partial charge on any atom is -0.465 e. The van der Waals surface area contributed by atoms with Crippen molar-refractivity contribution in [3.63, 3.8) is 0 Å². The summed E-state index contributed by atoms with van der Waals surface area (Å²) in [5.74, 6) is -0.373. The lowest BCUT2D eigenvalue weighted by Crippen LogP contribution is -2.31. The molecule has 0 bridgehead atoms. The normalized spacial score (nSPS) is 11.3. The van der Waals surface area contributed by atoms with Crippen LogP contribution in [0.25, 0.3) is 0 Å². The van der Waals surface area contributed by atoms with E-state index in [1.54, 1.807) is 13.8 Å². The first-order chi connectivity index (χ1) is 9.29. The number of carbonyl (C=O) groups excluding carboxylic acids is 1. The molecule has 0 saturated heterocycles. The van der Waals surface area contributed by atoms with Crippen LogP contribution in [0, 0.1) is 0 Å². The van der Waals surface area contributed by atoms with Crippen molar-refractivity contribution in [3.8, 4) is 0 Å². The third kappa shape index (κ3) is 4.26. The van der Waals surface area contributed by atoms with E-state index in [2.05, 4.69) is 4.98 Å². The maximum absolute atomic E-state index is 12.5. The Hall–Kier alpha value is -1.50. The van der Waals surface area contributed by atoms with Crippen LogP contribution in [-0.2, 0) is 15.7 Å². The number of ether oxygens (including phenoxy) is 1. The fraction of sp³-hybridized carbons (Fsp3) is 0.500. The van der Waals surface area contributed by atoms with Gasteiger partial charge in [0, 0.05) is 12.7 Å². The molecule has 1 heterocycles. The Morgan fingerprint density at radius 3 is 2.55 bits per heavy atom. The fourth-order valence-electron chi connectivity index (χ4n) is 1.52. The molecule has 112 valence electrons. The maximum atomic E-state index is 12.5. The van der Waals surface area contributed by atoms with Gasteiger partial charge in [0.05, 0.1) is 17.2 Å². The fourth-order valence-corrected chi connectivity index (χ4v) is 1.80. The number of hydrogen-bond donors (Lipinski definition) is 0. The number of esters is 1. The SMILES string of the molecule is CCOC(=O)CN(CC)c1ncc(C(F)(F)F)cc1Cl. The van der Waals surface area contributed by atoms with Crippen LogP contribution >= 0.6 is 11.6 Å². The Morgan fingerprint density at radius 1 is 1.45 bits per heavy atom. The van der Waals surface area contributed by atoms with Crippen LogP contribution in [0.3, 0.4) is 0 Å². The summed E-state index contributed by atoms with van der Waals surface area (Å²) in [6.07, 6.45) is -3.82. The Morgan fingerprint density at radius 2 is 2.10 bits per heavy atom. The zero-order valence-electron chi connectivity index (χ0n) is 11.0. The number of hydrogen-bond acceptors (Lipinski definition) is 4. The van der Waals surface area contributed by atoms with E-state index >= 15 is 0 Å². The van der Waals surface area contributed by atoms with Crippen molar-refractivity contribution in [2.75, 3.05) is 24.6 Å². The van der Waals surface area contributed by atoms with Crippen molar-refractivity contribution in [3.05, 3.63) is 22.8 Å². The summed E-state index contributed by atoms with van der Waals surface area (Å²) in [4.78, 5) is 16.5. The molecule has 4 nitrogen and oxygen atoms in total. The van der Waals surface area contributed by atoms with Crippen molar-refractivity contribution in [2.24, 2.45) is 0 Å². The smallest absolute Gasteiger partial charge is 0.417 e. The monoisotopic (exact) mass is 310 g/mol. The van der Waals surface area contributed by atoms with Crippen LogP contribution in [0.15, 0.2) is 12.3 Å². The highest BCUT2D eigenvalue weighted by Crippen LogP contribution is 2.33. The van der Waals surface area contributed by atoms with Gasteiger partial charge in [0.25, 0.3) is 0 Å². The third-order valence-corrected chi connectivity index (χ3v) is 2.73. The second-order valence-electron chi connectivity index (χ2n) is 3.85. The number of likely N-dealkylation sites (N-methyl/N-ethyl adjacent to an activating group) is 1. The molecule has 0 saturated carbocycles. The number of halogens is 4. The first-order valence-electron chi connectivity index (χ1n) is 5.92. The van der Waals surface area contributed by atoms with Crippen LogP contribution in [-0.4, -0.2) is 30.6 Å². The summed E-state index contributed by atoms with van der Waals surface area (Å²) < 4.78 is 42.3. The average molecular weight is 311 g/mol. The Bertz CT molecular complexity index is 480. The molecule has 0 spiro atoms. The number of aromatic nitrogens is 1. The summed E-state index contributed by atoms with van der Waals surface area (Å²) in [5, 5.41) is -0.161. The molecule has 0 aliphatic rings. The van der Waals surface area contributed by atoms with Crippen LogP contribution in [0.1, 0.15) is 19.4 Å². The first-order valence-corrected chi connectivity index (χ1v) is 6.30. The second kappa shape index (κ2) is 6.78. The van der Waals surface area contributed by atoms with E-state index < -0.39 is 17.7 Å². The van der Waals surface area contributed by atoms with Crippen molar-refractivity contribution in [1.82, 2.24) is 4.98 Å². The van der Waals surface area contributed by atoms with Gasteiger partial charge in [0.1, 0.15) is 12.4 Å². The predicted molar refractivity (Wildman–Crippen MR) is 68.8 cm³/mol. The van der Waals surface area contributed by atoms with Gasteiger partial charge >= 0.3 is 12.1 Å². The van der Waals surface area contributed by atoms with Crippen LogP contribution in [0.2, 0.25) is 5.02 Å². The summed E-state index contributed by atoms with van der Waals surface area (Å²) in [6, 6.07) is 0.789. The average Bonchev–Trinajstić information content (AvgIpc) is 2.35. The predicted octanol–water partition coefficient (Wildman–Crippen LogP) is 3.14. The topological polar surface area (TPSA) is 42.4 Å². The molecule has 0 N–H and O–H groups in total. The van der Waals surface area contributed by atoms with Crippen molar-refractivity contribution >= 4 is 23.4 Å². The molecule has 0 unspecified atom stereocenters. The third-order valence-electron chi connectivity index (χ3n) is 2.46. The van der Waals surface area contributed by atoms with Gasteiger partial charge in [-0.15, -0.1) is 0 Å². The highest BCUT2D eigenvalue weighted by atomic mass is 35.5. The summed E-state index contributed by atoms with van der Waals surface area (Å²) >= 11 is 5.81. The molecule has 0 fully saturated rings. The largest absolute Gasteiger partial charge is 0.465 e. The molecule has 20 heavy (non-hydrogen) atoms. The minimum atomic E-state index is -4.51. The van der Waals surface area contributed by atoms with E-state index in [4.69, 9.17) is 16.3 Å². The number of alkyl halides is 3. The van der Waals surface area contributed by atoms with Crippen LogP contribution < -0.4 is 4.90 Å². The van der Waals surface area contributed by atoms with E-state index in [1.165, 1.54) is 4.90 Å². The van der Waals surface area contributed by atoms with Gasteiger partial charge in [-0.3, -0.25) is 4.79 Å². The molecular formula is C12H14ClF3N2O2. The maximum Gasteiger partial charge on any atom is 0.417 e. The van der Waals surface area contributed by atoms with E-state index in [1.807, 2.05) is 0 Å². The number of anilines is 1. The van der Waals surface area contributed by atoms with Gasteiger partial charge in [-0.2, -0.15) is 13.2 Å². The standard InChI is InChI=1S/C12H14ClF3N2O2/c1-3-18(7-10(19)20-4-2)11-9(13)5-8(6-17-11)12(14,15)16/h5-6H,3-4,7H2,1-2H3. The first kappa shape index (κ1) is 16.6. The van der Waals surface area contributed by atoms with E-state index in [0.717, 1.165) is 6.07 Å². The van der Waals surface area contributed by atoms with Gasteiger partial charge in [0.2, 0.25) is 0 Å². The van der Waals surface area contributed by atoms with E-state index in [-0.39, 0.29) is 24.0 Å². The number of pyridine rings is 1. The number of carbonyl (C=O) groups is 1. The van der Waals surface area contributed by atoms with E-state index in [9.17, 15) is 18.0 Å². The molecule has 0 aliphatic heterocycles. The summed E-state index contributed by atoms with van der Waals surface area (Å²) in [6.45, 7) is 3.86.